The molecule has 4 nitrogen and oxygen atoms in total. The summed E-state index contributed by atoms with van der Waals surface area (Å²) in [7, 11) is 3.36. The van der Waals surface area contributed by atoms with Gasteiger partial charge in [-0.05, 0) is 39.2 Å². The van der Waals surface area contributed by atoms with Gasteiger partial charge >= 0.3 is 0 Å². The fourth-order valence-corrected chi connectivity index (χ4v) is 3.01. The highest BCUT2D eigenvalue weighted by atomic mass is 16.7. The fourth-order valence-electron chi connectivity index (χ4n) is 3.01. The Hall–Kier alpha value is -0.160. The van der Waals surface area contributed by atoms with Crippen molar-refractivity contribution in [2.45, 2.75) is 51.5 Å². The summed E-state index contributed by atoms with van der Waals surface area (Å²) in [4.78, 5) is 2.46. The highest BCUT2D eigenvalue weighted by molar-refractivity contribution is 4.96. The van der Waals surface area contributed by atoms with E-state index in [9.17, 15) is 0 Å². The molecular formula is C13H28N2O2. The highest BCUT2D eigenvalue weighted by Crippen LogP contribution is 2.32. The molecule has 2 N–H and O–H groups in total. The third-order valence-corrected chi connectivity index (χ3v) is 4.38. The number of nitrogens with two attached hydrogens (primary N) is 1. The molecule has 3 unspecified atom stereocenters. The number of rotatable bonds is 5. The Labute approximate surface area is 105 Å². The minimum Gasteiger partial charge on any atom is -0.354 e. The van der Waals surface area contributed by atoms with Crippen LogP contribution in [0.15, 0.2) is 0 Å². The predicted octanol–water partition coefficient (Wildman–Crippen LogP) is 1.44. The summed E-state index contributed by atoms with van der Waals surface area (Å²) in [5.41, 5.74) is 5.74. The first-order chi connectivity index (χ1) is 8.01. The number of hydrogen-bond donors (Lipinski definition) is 1. The topological polar surface area (TPSA) is 47.7 Å². The van der Waals surface area contributed by atoms with Gasteiger partial charge in [0, 0.05) is 26.8 Å². The number of methoxy groups -OCH3 is 2. The summed E-state index contributed by atoms with van der Waals surface area (Å²) in [5, 5.41) is 0. The van der Waals surface area contributed by atoms with Gasteiger partial charge in [0.05, 0.1) is 5.54 Å². The molecule has 17 heavy (non-hydrogen) atoms. The van der Waals surface area contributed by atoms with Gasteiger partial charge in [0.15, 0.2) is 6.29 Å². The van der Waals surface area contributed by atoms with Crippen molar-refractivity contribution in [2.75, 3.05) is 27.3 Å². The van der Waals surface area contributed by atoms with Crippen LogP contribution < -0.4 is 5.73 Å². The fraction of sp³-hybridized carbons (Fsp3) is 1.00. The Morgan fingerprint density at radius 3 is 2.41 bits per heavy atom. The first-order valence-corrected chi connectivity index (χ1v) is 6.53. The lowest BCUT2D eigenvalue weighted by molar-refractivity contribution is -0.193. The van der Waals surface area contributed by atoms with Crippen LogP contribution in [0.5, 0.6) is 0 Å². The Morgan fingerprint density at radius 2 is 1.94 bits per heavy atom. The average molecular weight is 244 g/mol. The molecule has 0 spiro atoms. The van der Waals surface area contributed by atoms with Gasteiger partial charge in [-0.2, -0.15) is 0 Å². The second kappa shape index (κ2) is 6.14. The smallest absolute Gasteiger partial charge is 0.176 e. The second-order valence-electron chi connectivity index (χ2n) is 5.42. The molecule has 1 rings (SSSR count). The number of nitrogens with zero attached hydrogens (tertiary/aromatic N) is 1. The van der Waals surface area contributed by atoms with E-state index in [0.29, 0.717) is 18.5 Å². The lowest BCUT2D eigenvalue weighted by Gasteiger charge is -2.51. The van der Waals surface area contributed by atoms with E-state index in [1.54, 1.807) is 14.2 Å². The van der Waals surface area contributed by atoms with E-state index < -0.39 is 0 Å². The standard InChI is InChI=1S/C13H28N2O2/c1-10-7-6-8-15(11(10)2)13(3,9-14)12(16-4)17-5/h10-12H,6-9,14H2,1-5H3. The molecule has 1 fully saturated rings. The van der Waals surface area contributed by atoms with Gasteiger partial charge in [0.25, 0.3) is 0 Å². The molecule has 0 saturated carbocycles. The predicted molar refractivity (Wildman–Crippen MR) is 69.8 cm³/mol. The average Bonchev–Trinajstić information content (AvgIpc) is 2.33. The van der Waals surface area contributed by atoms with Crippen LogP contribution in [0.25, 0.3) is 0 Å². The maximum Gasteiger partial charge on any atom is 0.176 e. The van der Waals surface area contributed by atoms with Gasteiger partial charge in [-0.1, -0.05) is 6.92 Å². The maximum absolute atomic E-state index is 6.00. The van der Waals surface area contributed by atoms with E-state index in [1.807, 2.05) is 0 Å². The van der Waals surface area contributed by atoms with Crippen LogP contribution in [0.2, 0.25) is 0 Å². The minimum atomic E-state index is -0.278. The Kier molecular flexibility index (Phi) is 5.38. The van der Waals surface area contributed by atoms with Crippen LogP contribution in [0.4, 0.5) is 0 Å². The van der Waals surface area contributed by atoms with E-state index in [4.69, 9.17) is 15.2 Å². The lowest BCUT2D eigenvalue weighted by atomic mass is 9.86. The first kappa shape index (κ1) is 14.9. The first-order valence-electron chi connectivity index (χ1n) is 6.53. The molecule has 3 atom stereocenters. The van der Waals surface area contributed by atoms with Crippen molar-refractivity contribution in [1.82, 2.24) is 4.90 Å². The van der Waals surface area contributed by atoms with Crippen molar-refractivity contribution in [3.8, 4) is 0 Å². The molecule has 0 aliphatic carbocycles. The van der Waals surface area contributed by atoms with Crippen molar-refractivity contribution >= 4 is 0 Å². The van der Waals surface area contributed by atoms with Gasteiger partial charge in [-0.25, -0.2) is 0 Å². The van der Waals surface area contributed by atoms with Crippen LogP contribution in [0.3, 0.4) is 0 Å². The van der Waals surface area contributed by atoms with Gasteiger partial charge in [-0.15, -0.1) is 0 Å². The molecule has 1 aliphatic rings. The zero-order chi connectivity index (χ0) is 13.1. The number of piperidine rings is 1. The molecule has 0 aromatic rings. The summed E-state index contributed by atoms with van der Waals surface area (Å²) >= 11 is 0. The monoisotopic (exact) mass is 244 g/mol. The Bertz CT molecular complexity index is 233. The molecule has 1 aliphatic heterocycles. The maximum atomic E-state index is 6.00. The van der Waals surface area contributed by atoms with Crippen molar-refractivity contribution in [3.63, 3.8) is 0 Å². The van der Waals surface area contributed by atoms with Gasteiger partial charge in [0.2, 0.25) is 0 Å². The van der Waals surface area contributed by atoms with E-state index in [0.717, 1.165) is 6.54 Å². The van der Waals surface area contributed by atoms with Crippen LogP contribution in [0.1, 0.15) is 33.6 Å². The van der Waals surface area contributed by atoms with E-state index >= 15 is 0 Å². The van der Waals surface area contributed by atoms with Gasteiger partial charge < -0.3 is 15.2 Å². The second-order valence-corrected chi connectivity index (χ2v) is 5.42. The molecular weight excluding hydrogens is 216 g/mol. The van der Waals surface area contributed by atoms with E-state index in [1.165, 1.54) is 12.8 Å². The molecule has 0 aromatic carbocycles. The van der Waals surface area contributed by atoms with Crippen molar-refractivity contribution in [2.24, 2.45) is 11.7 Å². The van der Waals surface area contributed by atoms with Crippen LogP contribution >= 0.6 is 0 Å². The van der Waals surface area contributed by atoms with Crippen LogP contribution in [-0.4, -0.2) is 50.1 Å². The lowest BCUT2D eigenvalue weighted by Crippen LogP contribution is -2.65. The molecule has 1 saturated heterocycles. The number of ether oxygens (including phenoxy) is 2. The van der Waals surface area contributed by atoms with Crippen LogP contribution in [0, 0.1) is 5.92 Å². The summed E-state index contributed by atoms with van der Waals surface area (Å²) in [5.74, 6) is 0.698. The van der Waals surface area contributed by atoms with Crippen molar-refractivity contribution < 1.29 is 9.47 Å². The van der Waals surface area contributed by atoms with Crippen molar-refractivity contribution in [1.29, 1.82) is 0 Å². The summed E-state index contributed by atoms with van der Waals surface area (Å²) < 4.78 is 10.9. The Balaban J connectivity index is 2.90. The molecule has 1 heterocycles. The zero-order valence-electron chi connectivity index (χ0n) is 11.9. The summed E-state index contributed by atoms with van der Waals surface area (Å²) in [6.07, 6.45) is 2.24. The normalized spacial score (nSPS) is 30.5. The van der Waals surface area contributed by atoms with Crippen LogP contribution in [-0.2, 0) is 9.47 Å². The van der Waals surface area contributed by atoms with Gasteiger partial charge in [0.1, 0.15) is 0 Å². The van der Waals surface area contributed by atoms with Crippen molar-refractivity contribution in [3.05, 3.63) is 0 Å². The molecule has 0 aromatic heterocycles. The quantitative estimate of drug-likeness (QED) is 0.744. The molecule has 0 amide bonds. The molecule has 0 bridgehead atoms. The van der Waals surface area contributed by atoms with E-state index in [-0.39, 0.29) is 11.8 Å². The van der Waals surface area contributed by atoms with Gasteiger partial charge in [-0.3, -0.25) is 4.90 Å². The summed E-state index contributed by atoms with van der Waals surface area (Å²) in [6.45, 7) is 8.33. The molecule has 102 valence electrons. The number of likely N-dealkylation sites (tertiary alicyclic amines) is 1. The molecule has 0 radical (unpaired) electrons. The Morgan fingerprint density at radius 1 is 1.35 bits per heavy atom. The van der Waals surface area contributed by atoms with E-state index in [2.05, 4.69) is 25.7 Å². The largest absolute Gasteiger partial charge is 0.354 e. The third-order valence-electron chi connectivity index (χ3n) is 4.38. The zero-order valence-corrected chi connectivity index (χ0v) is 11.9. The highest BCUT2D eigenvalue weighted by Gasteiger charge is 2.43. The third kappa shape index (κ3) is 2.81. The minimum absolute atomic E-state index is 0.252. The summed E-state index contributed by atoms with van der Waals surface area (Å²) in [6, 6.07) is 0.519. The SMILES string of the molecule is COC(OC)C(C)(CN)N1CCCC(C)C1C. The number of hydrogen-bond acceptors (Lipinski definition) is 4. The molecule has 4 heteroatoms.